The van der Waals surface area contributed by atoms with E-state index in [9.17, 15) is 9.59 Å². The number of rotatable bonds is 2. The summed E-state index contributed by atoms with van der Waals surface area (Å²) in [6.45, 7) is 2.45. The van der Waals surface area contributed by atoms with E-state index in [0.29, 0.717) is 29.3 Å². The van der Waals surface area contributed by atoms with Crippen LogP contribution in [-0.4, -0.2) is 25.2 Å². The van der Waals surface area contributed by atoms with Gasteiger partial charge in [0.1, 0.15) is 0 Å². The number of hydrogen-bond donors (Lipinski definition) is 1. The highest BCUT2D eigenvalue weighted by Crippen LogP contribution is 2.33. The number of amides is 2. The summed E-state index contributed by atoms with van der Waals surface area (Å²) in [5, 5.41) is 2.89. The molecule has 128 valence electrons. The average molecular weight is 338 g/mol. The van der Waals surface area contributed by atoms with Gasteiger partial charge in [0.15, 0.2) is 11.5 Å². The van der Waals surface area contributed by atoms with Crippen LogP contribution in [-0.2, 0) is 11.2 Å². The molecule has 4 rings (SSSR count). The highest BCUT2D eigenvalue weighted by molar-refractivity contribution is 6.05. The molecule has 1 N–H and O–H groups in total. The molecule has 0 radical (unpaired) electrons. The lowest BCUT2D eigenvalue weighted by Gasteiger charge is -2.29. The Hall–Kier alpha value is -3.02. The van der Waals surface area contributed by atoms with Gasteiger partial charge in [0, 0.05) is 30.4 Å². The van der Waals surface area contributed by atoms with E-state index in [1.165, 1.54) is 0 Å². The number of nitrogens with one attached hydrogen (secondary N) is 1. The summed E-state index contributed by atoms with van der Waals surface area (Å²) in [5.41, 5.74) is 3.16. The Balaban J connectivity index is 1.57. The van der Waals surface area contributed by atoms with Gasteiger partial charge in [-0.3, -0.25) is 9.59 Å². The van der Waals surface area contributed by atoms with Crippen LogP contribution in [0, 0.1) is 0 Å². The Morgan fingerprint density at radius 1 is 1.08 bits per heavy atom. The van der Waals surface area contributed by atoms with Gasteiger partial charge in [0.25, 0.3) is 5.91 Å². The molecule has 0 saturated carbocycles. The van der Waals surface area contributed by atoms with E-state index in [-0.39, 0.29) is 18.6 Å². The molecule has 6 nitrogen and oxygen atoms in total. The van der Waals surface area contributed by atoms with E-state index in [4.69, 9.17) is 9.47 Å². The van der Waals surface area contributed by atoms with Gasteiger partial charge in [-0.15, -0.1) is 0 Å². The number of nitrogens with zero attached hydrogens (tertiary/aromatic N) is 1. The summed E-state index contributed by atoms with van der Waals surface area (Å²) in [5.74, 6) is 0.993. The predicted molar refractivity (Wildman–Crippen MR) is 93.3 cm³/mol. The molecule has 0 spiro atoms. The number of carbonyl (C=O) groups is 2. The summed E-state index contributed by atoms with van der Waals surface area (Å²) in [6, 6.07) is 10.8. The molecule has 6 heteroatoms. The van der Waals surface area contributed by atoms with Gasteiger partial charge in [-0.05, 0) is 48.7 Å². The number of carbonyl (C=O) groups excluding carboxylic acids is 2. The largest absolute Gasteiger partial charge is 0.454 e. The molecule has 0 aliphatic carbocycles. The Labute approximate surface area is 145 Å². The highest BCUT2D eigenvalue weighted by Gasteiger charge is 2.21. The van der Waals surface area contributed by atoms with Gasteiger partial charge in [0.2, 0.25) is 12.7 Å². The minimum atomic E-state index is -0.233. The maximum absolute atomic E-state index is 12.5. The van der Waals surface area contributed by atoms with Crippen molar-refractivity contribution in [2.24, 2.45) is 0 Å². The number of fused-ring (bicyclic) bond motifs is 2. The van der Waals surface area contributed by atoms with E-state index in [1.807, 2.05) is 18.2 Å². The second-order valence-electron chi connectivity index (χ2n) is 6.14. The number of hydrogen-bond acceptors (Lipinski definition) is 4. The standard InChI is InChI=1S/C19H18N2O4/c1-12(22)21-8-2-3-13-4-6-15(10-16(13)21)20-19(23)14-5-7-17-18(9-14)25-11-24-17/h4-7,9-10H,2-3,8,11H2,1H3,(H,20,23). The lowest BCUT2D eigenvalue weighted by Crippen LogP contribution is -2.33. The second-order valence-corrected chi connectivity index (χ2v) is 6.14. The summed E-state index contributed by atoms with van der Waals surface area (Å²) >= 11 is 0. The third-order valence-corrected chi connectivity index (χ3v) is 4.48. The molecule has 2 aromatic rings. The first-order valence-electron chi connectivity index (χ1n) is 8.24. The highest BCUT2D eigenvalue weighted by atomic mass is 16.7. The molecular weight excluding hydrogens is 320 g/mol. The van der Waals surface area contributed by atoms with Crippen molar-refractivity contribution in [1.29, 1.82) is 0 Å². The van der Waals surface area contributed by atoms with Crippen molar-refractivity contribution in [2.45, 2.75) is 19.8 Å². The quantitative estimate of drug-likeness (QED) is 0.914. The van der Waals surface area contributed by atoms with Crippen LogP contribution < -0.4 is 19.7 Å². The van der Waals surface area contributed by atoms with Gasteiger partial charge in [-0.2, -0.15) is 0 Å². The van der Waals surface area contributed by atoms with Crippen molar-refractivity contribution >= 4 is 23.2 Å². The average Bonchev–Trinajstić information content (AvgIpc) is 3.08. The van der Waals surface area contributed by atoms with Gasteiger partial charge in [-0.25, -0.2) is 0 Å². The fraction of sp³-hybridized carbons (Fsp3) is 0.263. The normalized spacial score (nSPS) is 14.8. The van der Waals surface area contributed by atoms with Crippen molar-refractivity contribution in [2.75, 3.05) is 23.6 Å². The molecule has 25 heavy (non-hydrogen) atoms. The van der Waals surface area contributed by atoms with Gasteiger partial charge >= 0.3 is 0 Å². The van der Waals surface area contributed by atoms with Crippen molar-refractivity contribution in [1.82, 2.24) is 0 Å². The number of benzene rings is 2. The topological polar surface area (TPSA) is 67.9 Å². The minimum absolute atomic E-state index is 0.0141. The van der Waals surface area contributed by atoms with Crippen LogP contribution in [0.25, 0.3) is 0 Å². The van der Waals surface area contributed by atoms with Crippen LogP contribution in [0.4, 0.5) is 11.4 Å². The van der Waals surface area contributed by atoms with Crippen LogP contribution in [0.3, 0.4) is 0 Å². The Morgan fingerprint density at radius 3 is 2.76 bits per heavy atom. The summed E-state index contributed by atoms with van der Waals surface area (Å²) < 4.78 is 10.6. The molecule has 0 aromatic heterocycles. The Kier molecular flexibility index (Phi) is 3.80. The third kappa shape index (κ3) is 2.91. The van der Waals surface area contributed by atoms with Crippen LogP contribution in [0.15, 0.2) is 36.4 Å². The number of anilines is 2. The fourth-order valence-corrected chi connectivity index (χ4v) is 3.22. The Morgan fingerprint density at radius 2 is 1.92 bits per heavy atom. The van der Waals surface area contributed by atoms with Crippen LogP contribution in [0.2, 0.25) is 0 Å². The molecule has 0 unspecified atom stereocenters. The van der Waals surface area contributed by atoms with Gasteiger partial charge < -0.3 is 19.7 Å². The maximum atomic E-state index is 12.5. The minimum Gasteiger partial charge on any atom is -0.454 e. The summed E-state index contributed by atoms with van der Waals surface area (Å²) in [4.78, 5) is 26.1. The summed E-state index contributed by atoms with van der Waals surface area (Å²) in [7, 11) is 0. The van der Waals surface area contributed by atoms with E-state index >= 15 is 0 Å². The van der Waals surface area contributed by atoms with Crippen molar-refractivity contribution in [3.63, 3.8) is 0 Å². The van der Waals surface area contributed by atoms with Crippen molar-refractivity contribution in [3.8, 4) is 11.5 Å². The summed E-state index contributed by atoms with van der Waals surface area (Å²) in [6.07, 6.45) is 1.89. The van der Waals surface area contributed by atoms with Gasteiger partial charge in [0.05, 0.1) is 0 Å². The molecule has 2 aromatic carbocycles. The first-order valence-corrected chi connectivity index (χ1v) is 8.24. The molecule has 0 atom stereocenters. The Bertz CT molecular complexity index is 862. The molecule has 2 aliphatic rings. The zero-order valence-corrected chi connectivity index (χ0v) is 13.9. The lowest BCUT2D eigenvalue weighted by atomic mass is 10.0. The predicted octanol–water partition coefficient (Wildman–Crippen LogP) is 2.97. The molecule has 0 saturated heterocycles. The van der Waals surface area contributed by atoms with Gasteiger partial charge in [-0.1, -0.05) is 6.07 Å². The van der Waals surface area contributed by atoms with E-state index in [2.05, 4.69) is 5.32 Å². The number of aryl methyl sites for hydroxylation is 1. The lowest BCUT2D eigenvalue weighted by molar-refractivity contribution is -0.116. The first kappa shape index (κ1) is 15.5. The molecule has 2 amide bonds. The molecule has 2 heterocycles. The molecular formula is C19H18N2O4. The third-order valence-electron chi connectivity index (χ3n) is 4.48. The molecule has 0 fully saturated rings. The smallest absolute Gasteiger partial charge is 0.255 e. The van der Waals surface area contributed by atoms with Crippen LogP contribution >= 0.6 is 0 Å². The molecule has 2 aliphatic heterocycles. The van der Waals surface area contributed by atoms with E-state index in [0.717, 1.165) is 24.1 Å². The van der Waals surface area contributed by atoms with E-state index < -0.39 is 0 Å². The zero-order chi connectivity index (χ0) is 17.4. The fourth-order valence-electron chi connectivity index (χ4n) is 3.22. The monoisotopic (exact) mass is 338 g/mol. The van der Waals surface area contributed by atoms with Crippen molar-refractivity contribution < 1.29 is 19.1 Å². The van der Waals surface area contributed by atoms with E-state index in [1.54, 1.807) is 30.0 Å². The zero-order valence-electron chi connectivity index (χ0n) is 13.9. The van der Waals surface area contributed by atoms with Crippen LogP contribution in [0.5, 0.6) is 11.5 Å². The molecule has 0 bridgehead atoms. The number of ether oxygens (including phenoxy) is 2. The SMILES string of the molecule is CC(=O)N1CCCc2ccc(NC(=O)c3ccc4c(c3)OCO4)cc21. The second kappa shape index (κ2) is 6.12. The van der Waals surface area contributed by atoms with Crippen LogP contribution in [0.1, 0.15) is 29.3 Å². The first-order chi connectivity index (χ1) is 12.1. The maximum Gasteiger partial charge on any atom is 0.255 e. The van der Waals surface area contributed by atoms with Crippen molar-refractivity contribution in [3.05, 3.63) is 47.5 Å².